The molecule has 1 spiro atoms. The summed E-state index contributed by atoms with van der Waals surface area (Å²) >= 11 is 0. The van der Waals surface area contributed by atoms with Crippen LogP contribution in [0.1, 0.15) is 80.9 Å². The Bertz CT molecular complexity index is 1330. The predicted octanol–water partition coefficient (Wildman–Crippen LogP) is 5.76. The van der Waals surface area contributed by atoms with Crippen molar-refractivity contribution in [1.29, 1.82) is 5.41 Å². The van der Waals surface area contributed by atoms with E-state index in [1.54, 1.807) is 7.11 Å². The van der Waals surface area contributed by atoms with E-state index in [9.17, 15) is 4.79 Å². The number of methoxy groups -OCH3 is 1. The fourth-order valence-electron chi connectivity index (χ4n) is 6.68. The van der Waals surface area contributed by atoms with E-state index in [1.807, 2.05) is 43.0 Å². The molecule has 0 radical (unpaired) electrons. The number of carbonyl (C=O) groups excluding carboxylic acids is 1. The summed E-state index contributed by atoms with van der Waals surface area (Å²) in [4.78, 5) is 18.4. The summed E-state index contributed by atoms with van der Waals surface area (Å²) in [7, 11) is 1.74. The van der Waals surface area contributed by atoms with E-state index in [0.29, 0.717) is 36.1 Å². The molecular formula is C32H41N3O4. The zero-order chi connectivity index (χ0) is 27.7. The minimum Gasteiger partial charge on any atom is -0.494 e. The van der Waals surface area contributed by atoms with Crippen molar-refractivity contribution < 1.29 is 19.0 Å². The second-order valence-corrected chi connectivity index (χ2v) is 12.6. The fraction of sp³-hybridized carbons (Fsp3) is 0.562. The molecule has 1 N–H and O–H groups in total. The number of carbonyl (C=O) groups is 1. The van der Waals surface area contributed by atoms with E-state index in [1.165, 1.54) is 6.42 Å². The molecule has 4 aliphatic rings. The standard InChI is InChI=1S/C32H41N3O4/c1-7-38-27-14-22-23(15-28(27)39-8-2)32(9-10-32)35(30(22)33)18-26(36)19-12-24(31(3,4)5)29(37-6)25(13-19)34-16-20-11-21(20)17-34/h12-15,20-21,33H,7-11,16-18H2,1-6H3/t20-,21+. The van der Waals surface area contributed by atoms with Crippen LogP contribution in [0.25, 0.3) is 0 Å². The van der Waals surface area contributed by atoms with E-state index >= 15 is 0 Å². The highest BCUT2D eigenvalue weighted by Crippen LogP contribution is 2.58. The number of nitrogens with one attached hydrogen (secondary N) is 1. The number of fused-ring (bicyclic) bond motifs is 3. The monoisotopic (exact) mass is 531 g/mol. The van der Waals surface area contributed by atoms with Gasteiger partial charge in [-0.15, -0.1) is 0 Å². The second-order valence-electron chi connectivity index (χ2n) is 12.6. The van der Waals surface area contributed by atoms with Gasteiger partial charge in [0.2, 0.25) is 0 Å². The molecule has 2 aromatic rings. The summed E-state index contributed by atoms with van der Waals surface area (Å²) in [6.07, 6.45) is 3.17. The third-order valence-electron chi connectivity index (χ3n) is 8.97. The summed E-state index contributed by atoms with van der Waals surface area (Å²) in [5.41, 5.74) is 4.21. The average molecular weight is 532 g/mol. The van der Waals surface area contributed by atoms with Crippen molar-refractivity contribution in [3.63, 3.8) is 0 Å². The third kappa shape index (κ3) is 4.25. The van der Waals surface area contributed by atoms with Crippen molar-refractivity contribution in [3.05, 3.63) is 46.5 Å². The molecule has 2 atom stereocenters. The highest BCUT2D eigenvalue weighted by atomic mass is 16.5. The van der Waals surface area contributed by atoms with E-state index in [-0.39, 0.29) is 23.3 Å². The largest absolute Gasteiger partial charge is 0.494 e. The lowest BCUT2D eigenvalue weighted by atomic mass is 9.84. The van der Waals surface area contributed by atoms with E-state index in [4.69, 9.17) is 19.6 Å². The molecule has 7 heteroatoms. The molecule has 7 nitrogen and oxygen atoms in total. The Morgan fingerprint density at radius 3 is 2.23 bits per heavy atom. The van der Waals surface area contributed by atoms with Gasteiger partial charge in [0.15, 0.2) is 17.3 Å². The maximum Gasteiger partial charge on any atom is 0.182 e. The number of ketones is 1. The van der Waals surface area contributed by atoms with Crippen LogP contribution in [-0.2, 0) is 11.0 Å². The molecule has 0 bridgehead atoms. The van der Waals surface area contributed by atoms with Crippen LogP contribution >= 0.6 is 0 Å². The lowest BCUT2D eigenvalue weighted by molar-refractivity contribution is 0.0943. The van der Waals surface area contributed by atoms with Crippen LogP contribution in [0.15, 0.2) is 24.3 Å². The highest BCUT2D eigenvalue weighted by Gasteiger charge is 2.57. The molecule has 2 aliphatic heterocycles. The molecule has 0 amide bonds. The lowest BCUT2D eigenvalue weighted by Gasteiger charge is -2.30. The molecule has 6 rings (SSSR count). The molecule has 39 heavy (non-hydrogen) atoms. The molecule has 3 fully saturated rings. The molecule has 2 saturated carbocycles. The highest BCUT2D eigenvalue weighted by molar-refractivity contribution is 6.07. The molecule has 2 aliphatic carbocycles. The Hall–Kier alpha value is -3.22. The SMILES string of the molecule is CCOc1cc2c(cc1OCC)C1(CC1)N(CC(=O)c1cc(N3C[C@H]4C[C@H]4C3)c(OC)c(C(C)(C)C)c1)C2=N. The number of hydrogen-bond donors (Lipinski definition) is 1. The Kier molecular flexibility index (Phi) is 6.12. The van der Waals surface area contributed by atoms with Gasteiger partial charge in [-0.25, -0.2) is 0 Å². The number of piperidine rings is 1. The Labute approximate surface area is 231 Å². The number of anilines is 1. The lowest BCUT2D eigenvalue weighted by Crippen LogP contribution is -2.38. The first kappa shape index (κ1) is 26.0. The van der Waals surface area contributed by atoms with Crippen LogP contribution in [0.2, 0.25) is 0 Å². The fourth-order valence-corrected chi connectivity index (χ4v) is 6.68. The van der Waals surface area contributed by atoms with Gasteiger partial charge in [-0.2, -0.15) is 0 Å². The van der Waals surface area contributed by atoms with Gasteiger partial charge in [-0.05, 0) is 80.2 Å². The van der Waals surface area contributed by atoms with Gasteiger partial charge >= 0.3 is 0 Å². The summed E-state index contributed by atoms with van der Waals surface area (Å²) in [6, 6.07) is 8.03. The minimum atomic E-state index is -0.308. The van der Waals surface area contributed by atoms with Crippen molar-refractivity contribution in [2.75, 3.05) is 44.9 Å². The van der Waals surface area contributed by atoms with Crippen LogP contribution in [0.5, 0.6) is 17.2 Å². The number of amidine groups is 1. The number of ether oxygens (including phenoxy) is 3. The number of nitrogens with zero attached hydrogens (tertiary/aromatic N) is 2. The van der Waals surface area contributed by atoms with Gasteiger partial charge in [0.05, 0.1) is 38.1 Å². The van der Waals surface area contributed by atoms with Gasteiger partial charge in [-0.3, -0.25) is 10.2 Å². The Balaban J connectivity index is 1.34. The maximum atomic E-state index is 14.0. The summed E-state index contributed by atoms with van der Waals surface area (Å²) in [5, 5.41) is 9.10. The summed E-state index contributed by atoms with van der Waals surface area (Å²) < 4.78 is 17.7. The van der Waals surface area contributed by atoms with Gasteiger partial charge in [0, 0.05) is 29.8 Å². The zero-order valence-electron chi connectivity index (χ0n) is 24.1. The van der Waals surface area contributed by atoms with Crippen molar-refractivity contribution in [1.82, 2.24) is 4.90 Å². The van der Waals surface area contributed by atoms with Gasteiger partial charge < -0.3 is 24.0 Å². The second kappa shape index (κ2) is 9.17. The van der Waals surface area contributed by atoms with Gasteiger partial charge in [-0.1, -0.05) is 20.8 Å². The normalized spacial score (nSPS) is 22.2. The van der Waals surface area contributed by atoms with Crippen LogP contribution < -0.4 is 19.1 Å². The molecule has 2 heterocycles. The van der Waals surface area contributed by atoms with E-state index in [2.05, 4.69) is 25.7 Å². The molecule has 1 saturated heterocycles. The van der Waals surface area contributed by atoms with Crippen LogP contribution in [0, 0.1) is 17.2 Å². The first-order valence-electron chi connectivity index (χ1n) is 14.4. The van der Waals surface area contributed by atoms with E-state index < -0.39 is 0 Å². The van der Waals surface area contributed by atoms with Gasteiger partial charge in [0.25, 0.3) is 0 Å². The van der Waals surface area contributed by atoms with E-state index in [0.717, 1.165) is 65.9 Å². The first-order valence-corrected chi connectivity index (χ1v) is 14.4. The number of benzene rings is 2. The molecule has 0 unspecified atom stereocenters. The topological polar surface area (TPSA) is 75.1 Å². The van der Waals surface area contributed by atoms with Crippen molar-refractivity contribution in [3.8, 4) is 17.2 Å². The third-order valence-corrected chi connectivity index (χ3v) is 8.97. The quantitative estimate of drug-likeness (QED) is 0.415. The molecule has 2 aromatic carbocycles. The Morgan fingerprint density at radius 2 is 1.67 bits per heavy atom. The van der Waals surface area contributed by atoms with Crippen molar-refractivity contribution in [2.24, 2.45) is 11.8 Å². The first-order chi connectivity index (χ1) is 18.6. The van der Waals surface area contributed by atoms with Crippen LogP contribution in [0.3, 0.4) is 0 Å². The molecule has 0 aromatic heterocycles. The molecule has 208 valence electrons. The van der Waals surface area contributed by atoms with Crippen LogP contribution in [-0.4, -0.2) is 56.5 Å². The number of Topliss-reactive ketones (excluding diaryl/α,β-unsaturated/α-hetero) is 1. The minimum absolute atomic E-state index is 0.0349. The van der Waals surface area contributed by atoms with Gasteiger partial charge in [0.1, 0.15) is 11.6 Å². The Morgan fingerprint density at radius 1 is 1.03 bits per heavy atom. The number of hydrogen-bond acceptors (Lipinski definition) is 6. The average Bonchev–Trinajstić information content (AvgIpc) is 3.81. The predicted molar refractivity (Wildman–Crippen MR) is 153 cm³/mol. The summed E-state index contributed by atoms with van der Waals surface area (Å²) in [5.74, 6) is 4.22. The maximum absolute atomic E-state index is 14.0. The smallest absolute Gasteiger partial charge is 0.182 e. The van der Waals surface area contributed by atoms with Crippen molar-refractivity contribution >= 4 is 17.3 Å². The summed E-state index contributed by atoms with van der Waals surface area (Å²) in [6.45, 7) is 13.7. The van der Waals surface area contributed by atoms with Crippen molar-refractivity contribution in [2.45, 2.75) is 64.8 Å². The molecular weight excluding hydrogens is 490 g/mol. The van der Waals surface area contributed by atoms with Crippen LogP contribution in [0.4, 0.5) is 5.69 Å². The number of rotatable bonds is 9. The zero-order valence-corrected chi connectivity index (χ0v) is 24.1.